The number of hydrogen-bond acceptors (Lipinski definition) is 6. The van der Waals surface area contributed by atoms with Gasteiger partial charge in [-0.2, -0.15) is 0 Å². The number of aromatic nitrogens is 3. The number of hydrogen-bond donors (Lipinski definition) is 0. The molecule has 0 aliphatic rings. The Bertz CT molecular complexity index is 855. The zero-order valence-corrected chi connectivity index (χ0v) is 14.5. The van der Waals surface area contributed by atoms with Gasteiger partial charge in [0.15, 0.2) is 11.0 Å². The third kappa shape index (κ3) is 3.21. The number of carbonyl (C=O) groups is 1. The molecule has 2 heterocycles. The molecule has 7 heteroatoms. The van der Waals surface area contributed by atoms with Crippen molar-refractivity contribution in [2.75, 3.05) is 7.11 Å². The van der Waals surface area contributed by atoms with Gasteiger partial charge in [0.2, 0.25) is 0 Å². The highest BCUT2D eigenvalue weighted by Crippen LogP contribution is 2.27. The number of nitrogens with zero attached hydrogens (tertiary/aromatic N) is 3. The van der Waals surface area contributed by atoms with Crippen molar-refractivity contribution in [2.45, 2.75) is 17.8 Å². The monoisotopic (exact) mass is 343 g/mol. The lowest BCUT2D eigenvalue weighted by Crippen LogP contribution is -2.00. The predicted molar refractivity (Wildman–Crippen MR) is 90.8 cm³/mol. The molecule has 0 fully saturated rings. The molecule has 0 amide bonds. The van der Waals surface area contributed by atoms with Gasteiger partial charge >= 0.3 is 5.97 Å². The van der Waals surface area contributed by atoms with Gasteiger partial charge in [-0.15, -0.1) is 10.2 Å². The molecule has 3 rings (SSSR count). The van der Waals surface area contributed by atoms with E-state index in [1.165, 1.54) is 18.9 Å². The average molecular weight is 343 g/mol. The minimum absolute atomic E-state index is 0.391. The molecule has 6 nitrogen and oxygen atoms in total. The number of rotatable bonds is 5. The van der Waals surface area contributed by atoms with Gasteiger partial charge in [0.1, 0.15) is 17.1 Å². The van der Waals surface area contributed by atoms with Crippen molar-refractivity contribution in [2.24, 2.45) is 7.05 Å². The third-order valence-electron chi connectivity index (χ3n) is 3.58. The van der Waals surface area contributed by atoms with Crippen molar-refractivity contribution >= 4 is 17.7 Å². The van der Waals surface area contributed by atoms with Gasteiger partial charge < -0.3 is 13.7 Å². The largest absolute Gasteiger partial charge is 0.465 e. The van der Waals surface area contributed by atoms with Crippen molar-refractivity contribution in [1.29, 1.82) is 0 Å². The number of aryl methyl sites for hydroxylation is 1. The van der Waals surface area contributed by atoms with E-state index < -0.39 is 5.97 Å². The zero-order chi connectivity index (χ0) is 17.1. The third-order valence-corrected chi connectivity index (χ3v) is 4.63. The molecule has 0 unspecified atom stereocenters. The fourth-order valence-electron chi connectivity index (χ4n) is 2.34. The molecule has 0 N–H and O–H groups in total. The topological polar surface area (TPSA) is 70.2 Å². The second kappa shape index (κ2) is 6.92. The van der Waals surface area contributed by atoms with Gasteiger partial charge in [-0.1, -0.05) is 42.1 Å². The first-order chi connectivity index (χ1) is 11.6. The summed E-state index contributed by atoms with van der Waals surface area (Å²) in [6, 6.07) is 11.6. The molecular weight excluding hydrogens is 326 g/mol. The van der Waals surface area contributed by atoms with Crippen molar-refractivity contribution in [3.05, 3.63) is 53.5 Å². The smallest absolute Gasteiger partial charge is 0.341 e. The number of carbonyl (C=O) groups excluding carboxylic acids is 1. The molecule has 124 valence electrons. The molecule has 3 aromatic rings. The van der Waals surface area contributed by atoms with Crippen molar-refractivity contribution in [3.63, 3.8) is 0 Å². The van der Waals surface area contributed by atoms with Crippen LogP contribution in [0.1, 0.15) is 21.9 Å². The van der Waals surface area contributed by atoms with E-state index in [1.54, 1.807) is 13.0 Å². The predicted octanol–water partition coefficient (Wildman–Crippen LogP) is 3.46. The van der Waals surface area contributed by atoms with Crippen LogP contribution in [0.3, 0.4) is 0 Å². The van der Waals surface area contributed by atoms with E-state index in [4.69, 9.17) is 9.15 Å². The lowest BCUT2D eigenvalue weighted by atomic mass is 10.2. The number of furan rings is 1. The first kappa shape index (κ1) is 16.3. The van der Waals surface area contributed by atoms with Crippen LogP contribution in [0.4, 0.5) is 0 Å². The maximum atomic E-state index is 11.6. The van der Waals surface area contributed by atoms with Crippen LogP contribution in [-0.4, -0.2) is 27.8 Å². The highest BCUT2D eigenvalue weighted by atomic mass is 32.2. The van der Waals surface area contributed by atoms with Gasteiger partial charge in [0.25, 0.3) is 0 Å². The normalized spacial score (nSPS) is 10.8. The van der Waals surface area contributed by atoms with Crippen LogP contribution >= 0.6 is 11.8 Å². The standard InChI is InChI=1S/C17H17N3O3S/c1-11-14(16(21)22-3)9-13(23-11)10-24-17-19-18-15(20(17)2)12-7-5-4-6-8-12/h4-9H,10H2,1-3H3. The number of methoxy groups -OCH3 is 1. The first-order valence-electron chi connectivity index (χ1n) is 7.35. The highest BCUT2D eigenvalue weighted by molar-refractivity contribution is 7.98. The van der Waals surface area contributed by atoms with Gasteiger partial charge in [-0.25, -0.2) is 4.79 Å². The molecule has 2 aromatic heterocycles. The zero-order valence-electron chi connectivity index (χ0n) is 13.6. The summed E-state index contributed by atoms with van der Waals surface area (Å²) in [4.78, 5) is 11.6. The van der Waals surface area contributed by atoms with E-state index in [-0.39, 0.29) is 0 Å². The Morgan fingerprint density at radius 2 is 2.04 bits per heavy atom. The summed E-state index contributed by atoms with van der Waals surface area (Å²) >= 11 is 1.50. The molecular formula is C17H17N3O3S. The Balaban J connectivity index is 1.74. The lowest BCUT2D eigenvalue weighted by Gasteiger charge is -2.02. The maximum Gasteiger partial charge on any atom is 0.341 e. The van der Waals surface area contributed by atoms with E-state index in [2.05, 4.69) is 10.2 Å². The van der Waals surface area contributed by atoms with Gasteiger partial charge in [-0.3, -0.25) is 0 Å². The highest BCUT2D eigenvalue weighted by Gasteiger charge is 2.17. The molecule has 0 bridgehead atoms. The molecule has 0 saturated carbocycles. The van der Waals surface area contributed by atoms with Crippen LogP contribution in [-0.2, 0) is 17.5 Å². The Morgan fingerprint density at radius 3 is 2.75 bits per heavy atom. The van der Waals surface area contributed by atoms with Gasteiger partial charge in [-0.05, 0) is 13.0 Å². The summed E-state index contributed by atoms with van der Waals surface area (Å²) in [5.74, 6) is 2.22. The quantitative estimate of drug-likeness (QED) is 0.522. The Kier molecular flexibility index (Phi) is 4.71. The van der Waals surface area contributed by atoms with Crippen LogP contribution < -0.4 is 0 Å². The summed E-state index contributed by atoms with van der Waals surface area (Å²) in [6.45, 7) is 1.75. The molecule has 0 spiro atoms. The molecule has 0 saturated heterocycles. The fraction of sp³-hybridized carbons (Fsp3) is 0.235. The summed E-state index contributed by atoms with van der Waals surface area (Å²) in [5, 5.41) is 9.26. The SMILES string of the molecule is COC(=O)c1cc(CSc2nnc(-c3ccccc3)n2C)oc1C. The van der Waals surface area contributed by atoms with E-state index >= 15 is 0 Å². The van der Waals surface area contributed by atoms with Crippen LogP contribution in [0.2, 0.25) is 0 Å². The molecule has 0 aliphatic carbocycles. The van der Waals surface area contributed by atoms with E-state index in [1.807, 2.05) is 41.9 Å². The molecule has 0 atom stereocenters. The summed E-state index contributed by atoms with van der Waals surface area (Å²) < 4.78 is 12.3. The second-order valence-electron chi connectivity index (χ2n) is 5.19. The average Bonchev–Trinajstić information content (AvgIpc) is 3.16. The Hall–Kier alpha value is -2.54. The molecule has 0 aliphatic heterocycles. The summed E-state index contributed by atoms with van der Waals surface area (Å²) in [5.41, 5.74) is 1.47. The Morgan fingerprint density at radius 1 is 1.29 bits per heavy atom. The van der Waals surface area contributed by atoms with Gasteiger partial charge in [0.05, 0.1) is 12.9 Å². The van der Waals surface area contributed by atoms with Crippen molar-refractivity contribution in [3.8, 4) is 11.4 Å². The number of esters is 1. The first-order valence-corrected chi connectivity index (χ1v) is 8.34. The second-order valence-corrected chi connectivity index (χ2v) is 6.14. The fourth-order valence-corrected chi connectivity index (χ4v) is 3.13. The van der Waals surface area contributed by atoms with Crippen LogP contribution in [0.25, 0.3) is 11.4 Å². The Labute approximate surface area is 143 Å². The van der Waals surface area contributed by atoms with Crippen molar-refractivity contribution < 1.29 is 13.9 Å². The van der Waals surface area contributed by atoms with Crippen LogP contribution in [0.5, 0.6) is 0 Å². The molecule has 24 heavy (non-hydrogen) atoms. The minimum atomic E-state index is -0.391. The van der Waals surface area contributed by atoms with E-state index in [9.17, 15) is 4.79 Å². The minimum Gasteiger partial charge on any atom is -0.465 e. The van der Waals surface area contributed by atoms with Crippen LogP contribution in [0.15, 0.2) is 46.0 Å². The summed E-state index contributed by atoms with van der Waals surface area (Å²) in [7, 11) is 3.28. The van der Waals surface area contributed by atoms with Gasteiger partial charge in [0, 0.05) is 12.6 Å². The van der Waals surface area contributed by atoms with Crippen molar-refractivity contribution in [1.82, 2.24) is 14.8 Å². The molecule has 0 radical (unpaired) electrons. The van der Waals surface area contributed by atoms with Crippen LogP contribution in [0, 0.1) is 6.92 Å². The number of benzene rings is 1. The maximum absolute atomic E-state index is 11.6. The number of ether oxygens (including phenoxy) is 1. The van der Waals surface area contributed by atoms with E-state index in [0.717, 1.165) is 16.5 Å². The lowest BCUT2D eigenvalue weighted by molar-refractivity contribution is 0.0599. The number of thioether (sulfide) groups is 1. The van der Waals surface area contributed by atoms with E-state index in [0.29, 0.717) is 22.8 Å². The molecule has 1 aromatic carbocycles. The summed E-state index contributed by atoms with van der Waals surface area (Å²) in [6.07, 6.45) is 0.